The molecule has 1 aliphatic rings. The zero-order valence-electron chi connectivity index (χ0n) is 10.6. The van der Waals surface area contributed by atoms with Crippen LogP contribution < -0.4 is 4.90 Å². The van der Waals surface area contributed by atoms with E-state index in [1.807, 2.05) is 25.3 Å². The molecule has 0 N–H and O–H groups in total. The van der Waals surface area contributed by atoms with E-state index in [0.29, 0.717) is 18.2 Å². The quantitative estimate of drug-likeness (QED) is 0.748. The minimum Gasteiger partial charge on any atom is -0.367 e. The summed E-state index contributed by atoms with van der Waals surface area (Å²) in [7, 11) is 0. The molecule has 17 heavy (non-hydrogen) atoms. The highest BCUT2D eigenvalue weighted by Crippen LogP contribution is 2.26. The first-order chi connectivity index (χ1) is 8.26. The van der Waals surface area contributed by atoms with Crippen molar-refractivity contribution in [3.05, 3.63) is 24.0 Å². The van der Waals surface area contributed by atoms with Crippen LogP contribution >= 0.6 is 0 Å². The van der Waals surface area contributed by atoms with Gasteiger partial charge in [-0.3, -0.25) is 9.78 Å². The number of hydrogen-bond donors (Lipinski definition) is 0. The van der Waals surface area contributed by atoms with Crippen LogP contribution in [0, 0.1) is 0 Å². The molecule has 3 nitrogen and oxygen atoms in total. The molecule has 0 radical (unpaired) electrons. The summed E-state index contributed by atoms with van der Waals surface area (Å²) in [6.07, 6.45) is 6.07. The predicted molar refractivity (Wildman–Crippen MR) is 69.5 cm³/mol. The Morgan fingerprint density at radius 1 is 1.47 bits per heavy atom. The summed E-state index contributed by atoms with van der Waals surface area (Å²) in [4.78, 5) is 18.2. The molecule has 1 atom stereocenters. The number of pyridine rings is 1. The van der Waals surface area contributed by atoms with Crippen LogP contribution in [-0.4, -0.2) is 23.4 Å². The molecule has 92 valence electrons. The van der Waals surface area contributed by atoms with Crippen LogP contribution in [0.3, 0.4) is 0 Å². The summed E-state index contributed by atoms with van der Waals surface area (Å²) >= 11 is 0. The van der Waals surface area contributed by atoms with Crippen LogP contribution in [0.2, 0.25) is 0 Å². The second kappa shape index (κ2) is 5.30. The summed E-state index contributed by atoms with van der Waals surface area (Å²) in [5.74, 6) is 0.116. The molecule has 0 bridgehead atoms. The highest BCUT2D eigenvalue weighted by Gasteiger charge is 2.23. The Labute approximate surface area is 103 Å². The van der Waals surface area contributed by atoms with Gasteiger partial charge in [0.2, 0.25) is 0 Å². The van der Waals surface area contributed by atoms with E-state index in [1.165, 1.54) is 19.3 Å². The van der Waals surface area contributed by atoms with Crippen molar-refractivity contribution < 1.29 is 4.79 Å². The van der Waals surface area contributed by atoms with Crippen LogP contribution in [0.25, 0.3) is 0 Å². The van der Waals surface area contributed by atoms with Gasteiger partial charge in [0, 0.05) is 19.0 Å². The van der Waals surface area contributed by atoms with Crippen LogP contribution in [0.4, 0.5) is 5.69 Å². The van der Waals surface area contributed by atoms with E-state index >= 15 is 0 Å². The van der Waals surface area contributed by atoms with Gasteiger partial charge in [-0.2, -0.15) is 0 Å². The number of ketones is 1. The van der Waals surface area contributed by atoms with Crippen molar-refractivity contribution in [3.63, 3.8) is 0 Å². The lowest BCUT2D eigenvalue weighted by Gasteiger charge is -2.25. The van der Waals surface area contributed by atoms with Crippen molar-refractivity contribution in [2.45, 2.75) is 45.6 Å². The molecule has 0 spiro atoms. The number of aromatic nitrogens is 1. The number of nitrogens with zero attached hydrogens (tertiary/aromatic N) is 2. The first-order valence-electron chi connectivity index (χ1n) is 6.52. The van der Waals surface area contributed by atoms with Crippen molar-refractivity contribution >= 4 is 11.5 Å². The molecule has 0 saturated carbocycles. The molecule has 0 amide bonds. The lowest BCUT2D eigenvalue weighted by molar-refractivity contribution is 0.0983. The standard InChI is InChI=1S/C14H20N2O/c1-3-11-6-5-9-16(11)12-7-8-13(15-10-12)14(17)4-2/h7-8,10-11H,3-6,9H2,1-2H3. The third-order valence-corrected chi connectivity index (χ3v) is 3.53. The van der Waals surface area contributed by atoms with Crippen LogP contribution in [-0.2, 0) is 0 Å². The van der Waals surface area contributed by atoms with Crippen LogP contribution in [0.1, 0.15) is 50.0 Å². The average molecular weight is 232 g/mol. The molecule has 2 rings (SSSR count). The topological polar surface area (TPSA) is 33.2 Å². The highest BCUT2D eigenvalue weighted by molar-refractivity contribution is 5.94. The molecule has 3 heteroatoms. The maximum atomic E-state index is 11.5. The van der Waals surface area contributed by atoms with Crippen LogP contribution in [0.15, 0.2) is 18.3 Å². The third-order valence-electron chi connectivity index (χ3n) is 3.53. The zero-order valence-corrected chi connectivity index (χ0v) is 10.6. The van der Waals surface area contributed by atoms with E-state index in [1.54, 1.807) is 0 Å². The minimum absolute atomic E-state index is 0.116. The molecule has 1 unspecified atom stereocenters. The fourth-order valence-corrected chi connectivity index (χ4v) is 2.50. The van der Waals surface area contributed by atoms with E-state index in [9.17, 15) is 4.79 Å². The van der Waals surface area contributed by atoms with Gasteiger partial charge in [-0.1, -0.05) is 13.8 Å². The Morgan fingerprint density at radius 3 is 2.88 bits per heavy atom. The summed E-state index contributed by atoms with van der Waals surface area (Å²) in [6, 6.07) is 4.53. The smallest absolute Gasteiger partial charge is 0.180 e. The molecule has 2 heterocycles. The first-order valence-corrected chi connectivity index (χ1v) is 6.52. The fraction of sp³-hybridized carbons (Fsp3) is 0.571. The maximum absolute atomic E-state index is 11.5. The Kier molecular flexibility index (Phi) is 3.77. The van der Waals surface area contributed by atoms with Crippen molar-refractivity contribution in [1.29, 1.82) is 0 Å². The van der Waals surface area contributed by atoms with E-state index in [-0.39, 0.29) is 5.78 Å². The largest absolute Gasteiger partial charge is 0.367 e. The van der Waals surface area contributed by atoms with Gasteiger partial charge >= 0.3 is 0 Å². The SMILES string of the molecule is CCC(=O)c1ccc(N2CCCC2CC)cn1. The summed E-state index contributed by atoms with van der Waals surface area (Å²) in [5, 5.41) is 0. The van der Waals surface area contributed by atoms with Gasteiger partial charge in [-0.05, 0) is 31.4 Å². The van der Waals surface area contributed by atoms with Gasteiger partial charge in [0.25, 0.3) is 0 Å². The molecule has 0 aliphatic carbocycles. The van der Waals surface area contributed by atoms with Crippen molar-refractivity contribution in [1.82, 2.24) is 4.98 Å². The summed E-state index contributed by atoms with van der Waals surface area (Å²) in [5.41, 5.74) is 1.74. The Hall–Kier alpha value is -1.38. The average Bonchev–Trinajstić information content (AvgIpc) is 2.86. The van der Waals surface area contributed by atoms with Gasteiger partial charge in [-0.15, -0.1) is 0 Å². The summed E-state index contributed by atoms with van der Waals surface area (Å²) < 4.78 is 0. The third kappa shape index (κ3) is 2.48. The number of rotatable bonds is 4. The van der Waals surface area contributed by atoms with Crippen molar-refractivity contribution in [2.75, 3.05) is 11.4 Å². The Morgan fingerprint density at radius 2 is 2.29 bits per heavy atom. The fourth-order valence-electron chi connectivity index (χ4n) is 2.50. The molecule has 1 saturated heterocycles. The van der Waals surface area contributed by atoms with Gasteiger partial charge in [0.1, 0.15) is 5.69 Å². The molecule has 0 aromatic carbocycles. The Balaban J connectivity index is 2.15. The first kappa shape index (κ1) is 12.1. The van der Waals surface area contributed by atoms with E-state index in [0.717, 1.165) is 12.2 Å². The second-order valence-corrected chi connectivity index (χ2v) is 4.58. The van der Waals surface area contributed by atoms with E-state index in [4.69, 9.17) is 0 Å². The molecule has 1 aromatic rings. The molecular formula is C14H20N2O. The Bertz CT molecular complexity index is 386. The number of Topliss-reactive ketones (excluding diaryl/α,β-unsaturated/α-hetero) is 1. The summed E-state index contributed by atoms with van der Waals surface area (Å²) in [6.45, 7) is 5.21. The lowest BCUT2D eigenvalue weighted by Crippen LogP contribution is -2.28. The number of carbonyl (C=O) groups is 1. The zero-order chi connectivity index (χ0) is 12.3. The van der Waals surface area contributed by atoms with Crippen LogP contribution in [0.5, 0.6) is 0 Å². The molecule has 1 aliphatic heterocycles. The second-order valence-electron chi connectivity index (χ2n) is 4.58. The van der Waals surface area contributed by atoms with E-state index in [2.05, 4.69) is 16.8 Å². The van der Waals surface area contributed by atoms with Gasteiger partial charge < -0.3 is 4.90 Å². The molecule has 1 aromatic heterocycles. The number of hydrogen-bond acceptors (Lipinski definition) is 3. The predicted octanol–water partition coefficient (Wildman–Crippen LogP) is 3.05. The molecule has 1 fully saturated rings. The number of anilines is 1. The molecular weight excluding hydrogens is 212 g/mol. The van der Waals surface area contributed by atoms with Gasteiger partial charge in [0.15, 0.2) is 5.78 Å². The maximum Gasteiger partial charge on any atom is 0.180 e. The van der Waals surface area contributed by atoms with Gasteiger partial charge in [-0.25, -0.2) is 0 Å². The normalized spacial score (nSPS) is 19.6. The minimum atomic E-state index is 0.116. The monoisotopic (exact) mass is 232 g/mol. The number of carbonyl (C=O) groups excluding carboxylic acids is 1. The van der Waals surface area contributed by atoms with E-state index < -0.39 is 0 Å². The highest BCUT2D eigenvalue weighted by atomic mass is 16.1. The van der Waals surface area contributed by atoms with Crippen molar-refractivity contribution in [2.24, 2.45) is 0 Å². The lowest BCUT2D eigenvalue weighted by atomic mass is 10.1. The van der Waals surface area contributed by atoms with Gasteiger partial charge in [0.05, 0.1) is 11.9 Å². The van der Waals surface area contributed by atoms with Crippen molar-refractivity contribution in [3.8, 4) is 0 Å².